The van der Waals surface area contributed by atoms with Crippen LogP contribution in [0.5, 0.6) is 11.5 Å². The van der Waals surface area contributed by atoms with Crippen molar-refractivity contribution in [2.75, 3.05) is 13.2 Å². The van der Waals surface area contributed by atoms with Crippen LogP contribution in [0.4, 0.5) is 4.39 Å². The van der Waals surface area contributed by atoms with Crippen molar-refractivity contribution in [2.24, 2.45) is 0 Å². The Hall–Kier alpha value is -4.09. The fourth-order valence-corrected chi connectivity index (χ4v) is 4.47. The second-order valence-corrected chi connectivity index (χ2v) is 9.03. The number of carbonyl (C=O) groups is 1. The molecule has 2 N–H and O–H groups in total. The Morgan fingerprint density at radius 3 is 2.70 bits per heavy atom. The SMILES string of the molecule is CCOc1cc(/C=C(/C#N)C(=O)NCCc2c[nH]c3ccccc23)cc(Br)c1OCc1ccccc1F. The number of H-pyrrole nitrogens is 1. The first-order chi connectivity index (χ1) is 18.0. The number of halogens is 2. The van der Waals surface area contributed by atoms with Crippen molar-refractivity contribution in [3.05, 3.63) is 99.4 Å². The van der Waals surface area contributed by atoms with Crippen LogP contribution in [-0.2, 0) is 17.8 Å². The number of ether oxygens (including phenoxy) is 2. The summed E-state index contributed by atoms with van der Waals surface area (Å²) >= 11 is 3.48. The monoisotopic (exact) mass is 561 g/mol. The number of hydrogen-bond acceptors (Lipinski definition) is 4. The maximum absolute atomic E-state index is 14.0. The number of nitrogens with one attached hydrogen (secondary N) is 2. The predicted octanol–water partition coefficient (Wildman–Crippen LogP) is 6.31. The molecule has 0 saturated heterocycles. The topological polar surface area (TPSA) is 87.1 Å². The van der Waals surface area contributed by atoms with Crippen molar-refractivity contribution >= 4 is 38.8 Å². The zero-order valence-corrected chi connectivity index (χ0v) is 21.8. The van der Waals surface area contributed by atoms with E-state index in [1.165, 1.54) is 12.1 Å². The van der Waals surface area contributed by atoms with Gasteiger partial charge in [0.2, 0.25) is 0 Å². The maximum Gasteiger partial charge on any atom is 0.261 e. The Kier molecular flexibility index (Phi) is 8.60. The molecular formula is C29H25BrFN3O3. The molecule has 0 atom stereocenters. The Bertz CT molecular complexity index is 1490. The van der Waals surface area contributed by atoms with Crippen molar-refractivity contribution in [3.8, 4) is 17.6 Å². The lowest BCUT2D eigenvalue weighted by atomic mass is 10.1. The number of fused-ring (bicyclic) bond motifs is 1. The number of para-hydroxylation sites is 1. The molecule has 188 valence electrons. The number of hydrogen-bond donors (Lipinski definition) is 2. The van der Waals surface area contributed by atoms with E-state index in [0.717, 1.165) is 16.5 Å². The van der Waals surface area contributed by atoms with Gasteiger partial charge in [-0.15, -0.1) is 0 Å². The molecule has 3 aromatic carbocycles. The molecule has 0 radical (unpaired) electrons. The molecule has 1 aromatic heterocycles. The summed E-state index contributed by atoms with van der Waals surface area (Å²) in [5.41, 5.74) is 3.09. The molecule has 0 aliphatic carbocycles. The Morgan fingerprint density at radius 1 is 1.14 bits per heavy atom. The molecule has 1 heterocycles. The highest BCUT2D eigenvalue weighted by Crippen LogP contribution is 2.38. The summed E-state index contributed by atoms with van der Waals surface area (Å²) in [6.45, 7) is 2.60. The molecule has 37 heavy (non-hydrogen) atoms. The van der Waals surface area contributed by atoms with E-state index in [9.17, 15) is 14.4 Å². The van der Waals surface area contributed by atoms with Gasteiger partial charge < -0.3 is 19.8 Å². The van der Waals surface area contributed by atoms with Crippen LogP contribution in [0.3, 0.4) is 0 Å². The fraction of sp³-hybridized carbons (Fsp3) is 0.172. The molecule has 0 spiro atoms. The van der Waals surface area contributed by atoms with Crippen molar-refractivity contribution in [2.45, 2.75) is 20.0 Å². The molecule has 0 bridgehead atoms. The van der Waals surface area contributed by atoms with Crippen LogP contribution in [0.1, 0.15) is 23.6 Å². The van der Waals surface area contributed by atoms with E-state index < -0.39 is 5.91 Å². The lowest BCUT2D eigenvalue weighted by Crippen LogP contribution is -2.26. The van der Waals surface area contributed by atoms with E-state index in [1.54, 1.807) is 30.3 Å². The fourth-order valence-electron chi connectivity index (χ4n) is 3.90. The highest BCUT2D eigenvalue weighted by atomic mass is 79.9. The predicted molar refractivity (Wildman–Crippen MR) is 145 cm³/mol. The minimum absolute atomic E-state index is 0.0167. The molecule has 4 rings (SSSR count). The van der Waals surface area contributed by atoms with E-state index >= 15 is 0 Å². The van der Waals surface area contributed by atoms with E-state index in [0.29, 0.717) is 46.7 Å². The molecule has 4 aromatic rings. The Balaban J connectivity index is 1.46. The lowest BCUT2D eigenvalue weighted by Gasteiger charge is -2.15. The number of nitriles is 1. The van der Waals surface area contributed by atoms with Gasteiger partial charge >= 0.3 is 0 Å². The second-order valence-electron chi connectivity index (χ2n) is 8.18. The molecule has 1 amide bonds. The van der Waals surface area contributed by atoms with E-state index in [1.807, 2.05) is 43.5 Å². The standard InChI is InChI=1S/C29H25BrFN3O3/c1-2-36-27-15-19(14-24(30)28(27)37-18-21-7-3-5-9-25(21)31)13-22(16-32)29(35)33-12-11-20-17-34-26-10-6-4-8-23(20)26/h3-10,13-15,17,34H,2,11-12,18H2,1H3,(H,33,35)/b22-13-. The summed E-state index contributed by atoms with van der Waals surface area (Å²) in [6.07, 6.45) is 4.05. The first kappa shape index (κ1) is 26.0. The van der Waals surface area contributed by atoms with Crippen molar-refractivity contribution in [1.82, 2.24) is 10.3 Å². The number of carbonyl (C=O) groups excluding carboxylic acids is 1. The average Bonchev–Trinajstić information content (AvgIpc) is 3.31. The normalized spacial score (nSPS) is 11.2. The Morgan fingerprint density at radius 2 is 1.92 bits per heavy atom. The van der Waals surface area contributed by atoms with Gasteiger partial charge in [0, 0.05) is 29.2 Å². The highest BCUT2D eigenvalue weighted by Gasteiger charge is 2.15. The first-order valence-electron chi connectivity index (χ1n) is 11.8. The van der Waals surface area contributed by atoms with Crippen LogP contribution in [0.25, 0.3) is 17.0 Å². The van der Waals surface area contributed by atoms with E-state index in [-0.39, 0.29) is 18.0 Å². The smallest absolute Gasteiger partial charge is 0.261 e. The molecule has 0 aliphatic rings. The van der Waals surface area contributed by atoms with Gasteiger partial charge in [0.1, 0.15) is 24.1 Å². The van der Waals surface area contributed by atoms with Gasteiger partial charge in [-0.25, -0.2) is 4.39 Å². The molecule has 0 unspecified atom stereocenters. The van der Waals surface area contributed by atoms with Gasteiger partial charge in [0.25, 0.3) is 5.91 Å². The van der Waals surface area contributed by atoms with Crippen LogP contribution >= 0.6 is 15.9 Å². The minimum Gasteiger partial charge on any atom is -0.490 e. The van der Waals surface area contributed by atoms with E-state index in [2.05, 4.69) is 26.2 Å². The van der Waals surface area contributed by atoms with Crippen molar-refractivity contribution < 1.29 is 18.7 Å². The van der Waals surface area contributed by atoms with Gasteiger partial charge in [0.15, 0.2) is 11.5 Å². The first-order valence-corrected chi connectivity index (χ1v) is 12.6. The summed E-state index contributed by atoms with van der Waals surface area (Å²) in [4.78, 5) is 15.9. The second kappa shape index (κ2) is 12.2. The zero-order chi connectivity index (χ0) is 26.2. The summed E-state index contributed by atoms with van der Waals surface area (Å²) in [6, 6.07) is 19.7. The average molecular weight is 562 g/mol. The molecular weight excluding hydrogens is 537 g/mol. The third kappa shape index (κ3) is 6.38. The van der Waals surface area contributed by atoms with Crippen LogP contribution in [0.15, 0.2) is 76.9 Å². The van der Waals surface area contributed by atoms with Gasteiger partial charge in [-0.2, -0.15) is 5.26 Å². The van der Waals surface area contributed by atoms with Gasteiger partial charge in [-0.3, -0.25) is 4.79 Å². The molecule has 0 aliphatic heterocycles. The Labute approximate surface area is 222 Å². The quantitative estimate of drug-likeness (QED) is 0.175. The number of nitrogens with zero attached hydrogens (tertiary/aromatic N) is 1. The third-order valence-electron chi connectivity index (χ3n) is 5.69. The van der Waals surface area contributed by atoms with Gasteiger partial charge in [-0.05, 0) is 70.7 Å². The van der Waals surface area contributed by atoms with E-state index in [4.69, 9.17) is 9.47 Å². The van der Waals surface area contributed by atoms with Crippen LogP contribution in [0.2, 0.25) is 0 Å². The van der Waals surface area contributed by atoms with Crippen LogP contribution < -0.4 is 14.8 Å². The summed E-state index contributed by atoms with van der Waals surface area (Å²) in [5.74, 6) is 0.00208. The number of amides is 1. The summed E-state index contributed by atoms with van der Waals surface area (Å²) in [7, 11) is 0. The number of rotatable bonds is 10. The highest BCUT2D eigenvalue weighted by molar-refractivity contribution is 9.10. The van der Waals surface area contributed by atoms with Crippen LogP contribution in [0, 0.1) is 17.1 Å². The molecule has 0 saturated carbocycles. The summed E-state index contributed by atoms with van der Waals surface area (Å²) < 4.78 is 26.1. The van der Waals surface area contributed by atoms with Crippen molar-refractivity contribution in [3.63, 3.8) is 0 Å². The summed E-state index contributed by atoms with van der Waals surface area (Å²) in [5, 5.41) is 13.6. The largest absolute Gasteiger partial charge is 0.490 e. The zero-order valence-electron chi connectivity index (χ0n) is 20.2. The van der Waals surface area contributed by atoms with Crippen molar-refractivity contribution in [1.29, 1.82) is 5.26 Å². The lowest BCUT2D eigenvalue weighted by molar-refractivity contribution is -0.117. The third-order valence-corrected chi connectivity index (χ3v) is 6.28. The van der Waals surface area contributed by atoms with Gasteiger partial charge in [0.05, 0.1) is 11.1 Å². The number of aromatic nitrogens is 1. The number of aromatic amines is 1. The minimum atomic E-state index is -0.462. The molecule has 8 heteroatoms. The van der Waals surface area contributed by atoms with Crippen LogP contribution in [-0.4, -0.2) is 24.0 Å². The maximum atomic E-state index is 14.0. The number of benzene rings is 3. The van der Waals surface area contributed by atoms with Gasteiger partial charge in [-0.1, -0.05) is 36.4 Å². The molecule has 6 nitrogen and oxygen atoms in total. The molecule has 0 fully saturated rings.